The van der Waals surface area contributed by atoms with Gasteiger partial charge in [0.2, 0.25) is 0 Å². The zero-order chi connectivity index (χ0) is 13.5. The topological polar surface area (TPSA) is 28.2 Å². The number of anilines is 1. The Kier molecular flexibility index (Phi) is 5.64. The second-order valence-corrected chi connectivity index (χ2v) is 5.82. The van der Waals surface area contributed by atoms with Crippen molar-refractivity contribution in [3.8, 4) is 0 Å². The monoisotopic (exact) mass is 261 g/mol. The molecule has 19 heavy (non-hydrogen) atoms. The van der Waals surface area contributed by atoms with Gasteiger partial charge in [-0.3, -0.25) is 0 Å². The van der Waals surface area contributed by atoms with Gasteiger partial charge in [0.1, 0.15) is 5.82 Å². The lowest BCUT2D eigenvalue weighted by molar-refractivity contribution is 0.553. The molecule has 0 atom stereocenters. The first-order valence-corrected chi connectivity index (χ1v) is 7.69. The summed E-state index contributed by atoms with van der Waals surface area (Å²) in [6.45, 7) is 7.57. The minimum atomic E-state index is 0.522. The lowest BCUT2D eigenvalue weighted by atomic mass is 10.1. The highest BCUT2D eigenvalue weighted by Crippen LogP contribution is 2.17. The first kappa shape index (κ1) is 14.3. The Hall–Kier alpha value is -1.09. The van der Waals surface area contributed by atoms with Crippen LogP contribution in [-0.2, 0) is 6.54 Å². The molecule has 2 rings (SSSR count). The zero-order valence-corrected chi connectivity index (χ0v) is 12.4. The number of hydrogen-bond acceptors (Lipinski definition) is 3. The van der Waals surface area contributed by atoms with Gasteiger partial charge in [-0.1, -0.05) is 39.2 Å². The Morgan fingerprint density at radius 1 is 1.11 bits per heavy atom. The molecule has 0 unspecified atom stereocenters. The smallest absolute Gasteiger partial charge is 0.128 e. The van der Waals surface area contributed by atoms with Crippen LogP contribution in [0.5, 0.6) is 0 Å². The van der Waals surface area contributed by atoms with E-state index < -0.39 is 0 Å². The summed E-state index contributed by atoms with van der Waals surface area (Å²) in [4.78, 5) is 7.08. The third kappa shape index (κ3) is 4.83. The van der Waals surface area contributed by atoms with Crippen LogP contribution in [0.15, 0.2) is 18.3 Å². The molecule has 0 bridgehead atoms. The molecule has 1 aliphatic rings. The molecule has 1 aliphatic heterocycles. The molecule has 3 heteroatoms. The van der Waals surface area contributed by atoms with E-state index in [-0.39, 0.29) is 0 Å². The van der Waals surface area contributed by atoms with E-state index in [0.29, 0.717) is 6.04 Å². The largest absolute Gasteiger partial charge is 0.357 e. The van der Waals surface area contributed by atoms with Gasteiger partial charge in [0.25, 0.3) is 0 Å². The van der Waals surface area contributed by atoms with Crippen LogP contribution in [0.25, 0.3) is 0 Å². The number of aromatic nitrogens is 1. The molecule has 3 nitrogen and oxygen atoms in total. The molecule has 0 spiro atoms. The fourth-order valence-corrected chi connectivity index (χ4v) is 2.51. The van der Waals surface area contributed by atoms with Crippen LogP contribution in [0.1, 0.15) is 51.5 Å². The van der Waals surface area contributed by atoms with Crippen molar-refractivity contribution in [1.82, 2.24) is 10.3 Å². The Balaban J connectivity index is 1.92. The van der Waals surface area contributed by atoms with E-state index in [1.807, 2.05) is 6.20 Å². The standard InChI is InChI=1S/C16H27N3/c1-14(2)17-12-15-8-9-16(18-13-15)19-10-6-4-3-5-7-11-19/h8-9,13-14,17H,3-7,10-12H2,1-2H3. The van der Waals surface area contributed by atoms with Crippen LogP contribution in [0.2, 0.25) is 0 Å². The van der Waals surface area contributed by atoms with Crippen molar-refractivity contribution in [2.75, 3.05) is 18.0 Å². The van der Waals surface area contributed by atoms with Crippen molar-refractivity contribution in [1.29, 1.82) is 0 Å². The molecule has 1 saturated heterocycles. The molecule has 0 saturated carbocycles. The van der Waals surface area contributed by atoms with Gasteiger partial charge < -0.3 is 10.2 Å². The van der Waals surface area contributed by atoms with Crippen LogP contribution in [0.3, 0.4) is 0 Å². The van der Waals surface area contributed by atoms with Crippen LogP contribution in [0, 0.1) is 0 Å². The van der Waals surface area contributed by atoms with Gasteiger partial charge in [-0.05, 0) is 24.5 Å². The molecule has 1 fully saturated rings. The van der Waals surface area contributed by atoms with E-state index in [9.17, 15) is 0 Å². The molecule has 0 aliphatic carbocycles. The fraction of sp³-hybridized carbons (Fsp3) is 0.688. The Labute approximate surface area is 117 Å². The lowest BCUT2D eigenvalue weighted by Gasteiger charge is -2.25. The quantitative estimate of drug-likeness (QED) is 0.901. The van der Waals surface area contributed by atoms with E-state index in [4.69, 9.17) is 0 Å². The summed E-state index contributed by atoms with van der Waals surface area (Å²) < 4.78 is 0. The molecular formula is C16H27N3. The molecule has 0 amide bonds. The predicted molar refractivity (Wildman–Crippen MR) is 81.5 cm³/mol. The summed E-state index contributed by atoms with van der Waals surface area (Å²) >= 11 is 0. The highest BCUT2D eigenvalue weighted by Gasteiger charge is 2.09. The minimum absolute atomic E-state index is 0.522. The Morgan fingerprint density at radius 2 is 1.79 bits per heavy atom. The van der Waals surface area contributed by atoms with Crippen molar-refractivity contribution < 1.29 is 0 Å². The number of nitrogens with zero attached hydrogens (tertiary/aromatic N) is 2. The van der Waals surface area contributed by atoms with Crippen LogP contribution in [0.4, 0.5) is 5.82 Å². The summed E-state index contributed by atoms with van der Waals surface area (Å²) in [5.74, 6) is 1.15. The second-order valence-electron chi connectivity index (χ2n) is 5.82. The molecule has 1 aromatic rings. The van der Waals surface area contributed by atoms with Gasteiger partial charge in [0.05, 0.1) is 0 Å². The average molecular weight is 261 g/mol. The van der Waals surface area contributed by atoms with Crippen molar-refractivity contribution in [2.24, 2.45) is 0 Å². The van der Waals surface area contributed by atoms with Crippen LogP contribution >= 0.6 is 0 Å². The van der Waals surface area contributed by atoms with Crippen molar-refractivity contribution in [3.63, 3.8) is 0 Å². The molecule has 1 N–H and O–H groups in total. The first-order valence-electron chi connectivity index (χ1n) is 7.69. The maximum absolute atomic E-state index is 4.64. The van der Waals surface area contributed by atoms with Crippen LogP contribution in [-0.4, -0.2) is 24.1 Å². The third-order valence-corrected chi connectivity index (χ3v) is 3.70. The minimum Gasteiger partial charge on any atom is -0.357 e. The van der Waals surface area contributed by atoms with E-state index in [1.165, 1.54) is 37.7 Å². The summed E-state index contributed by atoms with van der Waals surface area (Å²) in [5, 5.41) is 3.43. The average Bonchev–Trinajstić information content (AvgIpc) is 2.37. The molecule has 1 aromatic heterocycles. The van der Waals surface area contributed by atoms with Crippen molar-refractivity contribution >= 4 is 5.82 Å². The van der Waals surface area contributed by atoms with Gasteiger partial charge in [-0.25, -0.2) is 4.98 Å². The van der Waals surface area contributed by atoms with Gasteiger partial charge in [-0.15, -0.1) is 0 Å². The third-order valence-electron chi connectivity index (χ3n) is 3.70. The summed E-state index contributed by atoms with van der Waals surface area (Å²) in [5.41, 5.74) is 1.27. The fourth-order valence-electron chi connectivity index (χ4n) is 2.51. The maximum Gasteiger partial charge on any atom is 0.128 e. The zero-order valence-electron chi connectivity index (χ0n) is 12.4. The molecule has 106 valence electrons. The lowest BCUT2D eigenvalue weighted by Crippen LogP contribution is -2.28. The molecular weight excluding hydrogens is 234 g/mol. The number of nitrogens with one attached hydrogen (secondary N) is 1. The molecule has 0 radical (unpaired) electrons. The van der Waals surface area contributed by atoms with Crippen molar-refractivity contribution in [2.45, 2.75) is 58.5 Å². The van der Waals surface area contributed by atoms with E-state index in [2.05, 4.69) is 41.2 Å². The Morgan fingerprint density at radius 3 is 2.37 bits per heavy atom. The SMILES string of the molecule is CC(C)NCc1ccc(N2CCCCCCC2)nc1. The molecule has 2 heterocycles. The summed E-state index contributed by atoms with van der Waals surface area (Å²) in [7, 11) is 0. The molecule has 0 aromatic carbocycles. The van der Waals surface area contributed by atoms with Gasteiger partial charge in [-0.2, -0.15) is 0 Å². The predicted octanol–water partition coefficient (Wildman–Crippen LogP) is 3.35. The van der Waals surface area contributed by atoms with Gasteiger partial charge in [0.15, 0.2) is 0 Å². The highest BCUT2D eigenvalue weighted by molar-refractivity contribution is 5.39. The maximum atomic E-state index is 4.64. The van der Waals surface area contributed by atoms with Gasteiger partial charge >= 0.3 is 0 Å². The second kappa shape index (κ2) is 7.49. The number of rotatable bonds is 4. The highest BCUT2D eigenvalue weighted by atomic mass is 15.2. The normalized spacial score (nSPS) is 17.3. The van der Waals surface area contributed by atoms with Crippen LogP contribution < -0.4 is 10.2 Å². The summed E-state index contributed by atoms with van der Waals surface area (Å²) in [6, 6.07) is 4.91. The Bertz CT molecular complexity index is 351. The number of pyridine rings is 1. The van der Waals surface area contributed by atoms with E-state index >= 15 is 0 Å². The van der Waals surface area contributed by atoms with E-state index in [1.54, 1.807) is 0 Å². The van der Waals surface area contributed by atoms with Crippen molar-refractivity contribution in [3.05, 3.63) is 23.9 Å². The first-order chi connectivity index (χ1) is 9.25. The van der Waals surface area contributed by atoms with E-state index in [0.717, 1.165) is 25.5 Å². The number of hydrogen-bond donors (Lipinski definition) is 1. The van der Waals surface area contributed by atoms with Gasteiger partial charge in [0, 0.05) is 31.9 Å². The summed E-state index contributed by atoms with van der Waals surface area (Å²) in [6.07, 6.45) is 8.76.